The standard InChI is InChI=1S/C17H22N4O3/c1-3-20(4-2)15(22)9-7-10-18-16(23)13-12-19-14-8-5-6-11-21(14)17(13)24/h5-6,8,11-12H,3-4,7,9-10H2,1-2H3,(H,18,23). The minimum atomic E-state index is -0.471. The maximum absolute atomic E-state index is 12.3. The normalized spacial score (nSPS) is 10.6. The Bertz CT molecular complexity index is 781. The third-order valence-electron chi connectivity index (χ3n) is 3.83. The topological polar surface area (TPSA) is 83.8 Å². The molecule has 0 aromatic carbocycles. The number of carbonyl (C=O) groups is 2. The molecule has 128 valence electrons. The summed E-state index contributed by atoms with van der Waals surface area (Å²) in [6, 6.07) is 5.17. The Morgan fingerprint density at radius 2 is 2.00 bits per heavy atom. The van der Waals surface area contributed by atoms with Gasteiger partial charge < -0.3 is 10.2 Å². The van der Waals surface area contributed by atoms with Crippen molar-refractivity contribution in [2.45, 2.75) is 26.7 Å². The Hall–Kier alpha value is -2.70. The van der Waals surface area contributed by atoms with Crippen molar-refractivity contribution in [2.24, 2.45) is 0 Å². The molecule has 0 saturated carbocycles. The molecule has 0 aliphatic carbocycles. The molecule has 7 heteroatoms. The van der Waals surface area contributed by atoms with Crippen LogP contribution in [0.4, 0.5) is 0 Å². The van der Waals surface area contributed by atoms with E-state index in [-0.39, 0.29) is 11.5 Å². The summed E-state index contributed by atoms with van der Waals surface area (Å²) in [5, 5.41) is 2.67. The highest BCUT2D eigenvalue weighted by Crippen LogP contribution is 1.99. The van der Waals surface area contributed by atoms with E-state index in [1.807, 2.05) is 13.8 Å². The minimum Gasteiger partial charge on any atom is -0.352 e. The molecule has 1 N–H and O–H groups in total. The van der Waals surface area contributed by atoms with Gasteiger partial charge in [-0.2, -0.15) is 0 Å². The van der Waals surface area contributed by atoms with E-state index in [9.17, 15) is 14.4 Å². The summed E-state index contributed by atoms with van der Waals surface area (Å²) in [6.45, 7) is 5.57. The van der Waals surface area contributed by atoms with E-state index in [0.29, 0.717) is 38.1 Å². The molecule has 0 fully saturated rings. The van der Waals surface area contributed by atoms with Crippen molar-refractivity contribution in [1.82, 2.24) is 19.6 Å². The summed E-state index contributed by atoms with van der Waals surface area (Å²) in [5.74, 6) is -0.400. The van der Waals surface area contributed by atoms with Crippen LogP contribution in [0, 0.1) is 0 Å². The molecule has 2 rings (SSSR count). The van der Waals surface area contributed by atoms with Crippen molar-refractivity contribution in [2.75, 3.05) is 19.6 Å². The Labute approximate surface area is 140 Å². The summed E-state index contributed by atoms with van der Waals surface area (Å²) >= 11 is 0. The number of aromatic nitrogens is 2. The number of pyridine rings is 1. The first-order valence-corrected chi connectivity index (χ1v) is 8.10. The van der Waals surface area contributed by atoms with Crippen molar-refractivity contribution >= 4 is 17.5 Å². The molecule has 2 amide bonds. The molecular weight excluding hydrogens is 308 g/mol. The van der Waals surface area contributed by atoms with Gasteiger partial charge in [0, 0.05) is 38.4 Å². The van der Waals surface area contributed by atoms with Crippen LogP contribution in [0.3, 0.4) is 0 Å². The number of hydrogen-bond donors (Lipinski definition) is 1. The predicted octanol–water partition coefficient (Wildman–Crippen LogP) is 1.07. The summed E-state index contributed by atoms with van der Waals surface area (Å²) in [4.78, 5) is 42.1. The van der Waals surface area contributed by atoms with Crippen molar-refractivity contribution in [3.63, 3.8) is 0 Å². The molecule has 0 spiro atoms. The molecule has 2 aromatic heterocycles. The van der Waals surface area contributed by atoms with E-state index < -0.39 is 11.5 Å². The smallest absolute Gasteiger partial charge is 0.270 e. The van der Waals surface area contributed by atoms with Gasteiger partial charge in [0.05, 0.1) is 0 Å². The van der Waals surface area contributed by atoms with Gasteiger partial charge in [-0.15, -0.1) is 0 Å². The predicted molar refractivity (Wildman–Crippen MR) is 91.0 cm³/mol. The maximum atomic E-state index is 12.3. The molecular formula is C17H22N4O3. The van der Waals surface area contributed by atoms with Crippen molar-refractivity contribution < 1.29 is 9.59 Å². The highest BCUT2D eigenvalue weighted by atomic mass is 16.2. The van der Waals surface area contributed by atoms with Crippen LogP contribution in [-0.2, 0) is 4.79 Å². The lowest BCUT2D eigenvalue weighted by Gasteiger charge is -2.18. The second-order valence-corrected chi connectivity index (χ2v) is 5.33. The third kappa shape index (κ3) is 3.98. The molecule has 0 radical (unpaired) electrons. The number of amides is 2. The second-order valence-electron chi connectivity index (χ2n) is 5.33. The number of nitrogens with one attached hydrogen (secondary N) is 1. The van der Waals surface area contributed by atoms with E-state index in [1.165, 1.54) is 10.6 Å². The Kier molecular flexibility index (Phi) is 6.06. The van der Waals surface area contributed by atoms with Crippen LogP contribution < -0.4 is 10.9 Å². The van der Waals surface area contributed by atoms with Crippen LogP contribution in [0.2, 0.25) is 0 Å². The van der Waals surface area contributed by atoms with Gasteiger partial charge in [-0.25, -0.2) is 4.98 Å². The molecule has 0 unspecified atom stereocenters. The van der Waals surface area contributed by atoms with Gasteiger partial charge in [0.2, 0.25) is 5.91 Å². The number of nitrogens with zero attached hydrogens (tertiary/aromatic N) is 3. The van der Waals surface area contributed by atoms with Crippen LogP contribution in [0.15, 0.2) is 35.4 Å². The summed E-state index contributed by atoms with van der Waals surface area (Å²) in [6.07, 6.45) is 3.76. The third-order valence-corrected chi connectivity index (χ3v) is 3.83. The molecule has 0 aliphatic heterocycles. The lowest BCUT2D eigenvalue weighted by atomic mass is 10.2. The van der Waals surface area contributed by atoms with Crippen LogP contribution in [-0.4, -0.2) is 45.7 Å². The van der Waals surface area contributed by atoms with E-state index in [4.69, 9.17) is 0 Å². The van der Waals surface area contributed by atoms with Gasteiger partial charge in [-0.1, -0.05) is 6.07 Å². The molecule has 2 aromatic rings. The lowest BCUT2D eigenvalue weighted by Crippen LogP contribution is -2.33. The number of fused-ring (bicyclic) bond motifs is 1. The minimum absolute atomic E-state index is 0.00577. The van der Waals surface area contributed by atoms with Gasteiger partial charge in [0.1, 0.15) is 11.2 Å². The largest absolute Gasteiger partial charge is 0.352 e. The summed E-state index contributed by atoms with van der Waals surface area (Å²) in [7, 11) is 0. The first-order chi connectivity index (χ1) is 11.6. The van der Waals surface area contributed by atoms with E-state index in [2.05, 4.69) is 10.3 Å². The van der Waals surface area contributed by atoms with Gasteiger partial charge in [0.15, 0.2) is 0 Å². The Balaban J connectivity index is 1.93. The average molecular weight is 330 g/mol. The van der Waals surface area contributed by atoms with Crippen LogP contribution in [0.5, 0.6) is 0 Å². The molecule has 7 nitrogen and oxygen atoms in total. The maximum Gasteiger partial charge on any atom is 0.270 e. The van der Waals surface area contributed by atoms with Crippen molar-refractivity contribution in [1.29, 1.82) is 0 Å². The molecule has 0 saturated heterocycles. The Morgan fingerprint density at radius 3 is 2.71 bits per heavy atom. The van der Waals surface area contributed by atoms with Gasteiger partial charge in [-0.3, -0.25) is 18.8 Å². The first kappa shape index (κ1) is 17.7. The summed E-state index contributed by atoms with van der Waals surface area (Å²) in [5.41, 5.74) is 0.0787. The number of carbonyl (C=O) groups excluding carboxylic acids is 2. The fraction of sp³-hybridized carbons (Fsp3) is 0.412. The fourth-order valence-corrected chi connectivity index (χ4v) is 2.45. The van der Waals surface area contributed by atoms with Crippen LogP contribution in [0.25, 0.3) is 5.65 Å². The quantitative estimate of drug-likeness (QED) is 0.770. The molecule has 0 atom stereocenters. The van der Waals surface area contributed by atoms with E-state index in [0.717, 1.165) is 0 Å². The van der Waals surface area contributed by atoms with Gasteiger partial charge >= 0.3 is 0 Å². The average Bonchev–Trinajstić information content (AvgIpc) is 2.60. The zero-order chi connectivity index (χ0) is 17.5. The zero-order valence-corrected chi connectivity index (χ0v) is 14.0. The van der Waals surface area contributed by atoms with E-state index in [1.54, 1.807) is 29.3 Å². The summed E-state index contributed by atoms with van der Waals surface area (Å²) < 4.78 is 1.33. The fourth-order valence-electron chi connectivity index (χ4n) is 2.45. The molecule has 0 bridgehead atoms. The van der Waals surface area contributed by atoms with Crippen molar-refractivity contribution in [3.05, 3.63) is 46.5 Å². The zero-order valence-electron chi connectivity index (χ0n) is 14.0. The first-order valence-electron chi connectivity index (χ1n) is 8.10. The molecule has 0 aliphatic rings. The number of hydrogen-bond acceptors (Lipinski definition) is 4. The number of rotatable bonds is 7. The highest BCUT2D eigenvalue weighted by Gasteiger charge is 2.13. The van der Waals surface area contributed by atoms with Crippen LogP contribution >= 0.6 is 0 Å². The lowest BCUT2D eigenvalue weighted by molar-refractivity contribution is -0.130. The van der Waals surface area contributed by atoms with E-state index >= 15 is 0 Å². The van der Waals surface area contributed by atoms with Crippen LogP contribution in [0.1, 0.15) is 37.0 Å². The SMILES string of the molecule is CCN(CC)C(=O)CCCNC(=O)c1cnc2ccccn2c1=O. The second kappa shape index (κ2) is 8.24. The van der Waals surface area contributed by atoms with Gasteiger partial charge in [-0.05, 0) is 32.4 Å². The monoisotopic (exact) mass is 330 g/mol. The Morgan fingerprint density at radius 1 is 1.25 bits per heavy atom. The molecule has 2 heterocycles. The highest BCUT2D eigenvalue weighted by molar-refractivity contribution is 5.93. The van der Waals surface area contributed by atoms with Gasteiger partial charge in [0.25, 0.3) is 11.5 Å². The van der Waals surface area contributed by atoms with Crippen molar-refractivity contribution in [3.8, 4) is 0 Å². The molecule has 24 heavy (non-hydrogen) atoms.